The van der Waals surface area contributed by atoms with Crippen molar-refractivity contribution in [3.8, 4) is 0 Å². The molecular formula is C14H29ClN2O4S. The van der Waals surface area contributed by atoms with Crippen LogP contribution in [0.5, 0.6) is 0 Å². The Kier molecular flexibility index (Phi) is 11.5. The van der Waals surface area contributed by atoms with E-state index < -0.39 is 32.8 Å². The molecule has 0 unspecified atom stereocenters. The van der Waals surface area contributed by atoms with E-state index in [-0.39, 0.29) is 24.2 Å². The zero-order valence-electron chi connectivity index (χ0n) is 13.8. The molecule has 1 atom stereocenters. The van der Waals surface area contributed by atoms with Crippen LogP contribution in [-0.4, -0.2) is 37.3 Å². The summed E-state index contributed by atoms with van der Waals surface area (Å²) in [5.74, 6) is -1.96. The van der Waals surface area contributed by atoms with Gasteiger partial charge in [-0.15, -0.1) is 12.4 Å². The Labute approximate surface area is 139 Å². The van der Waals surface area contributed by atoms with Crippen LogP contribution < -0.4 is 11.1 Å². The summed E-state index contributed by atoms with van der Waals surface area (Å²) in [6.45, 7) is 7.17. The molecule has 0 radical (unpaired) electrons. The van der Waals surface area contributed by atoms with E-state index in [0.29, 0.717) is 12.8 Å². The third kappa shape index (κ3) is 7.98. The first kappa shape index (κ1) is 23.4. The Bertz CT molecular complexity index is 446. The molecule has 0 aromatic carbocycles. The number of carbonyl (C=O) groups excluding carboxylic acids is 2. The van der Waals surface area contributed by atoms with Gasteiger partial charge in [0.1, 0.15) is 6.04 Å². The lowest BCUT2D eigenvalue weighted by Crippen LogP contribution is -2.50. The standard InChI is InChI=1S/C14H28N2O4S.ClH/c1-5-7-11(8-6-2)21(19,20)9-12(13(15)17)16-14(18)10(3)4;/h10-12H,5-9H2,1-4H3,(H2,15,17)(H,16,18);1H/t12-;/m1./s1. The topological polar surface area (TPSA) is 106 Å². The molecule has 0 aromatic rings. The van der Waals surface area contributed by atoms with Crippen LogP contribution in [0.15, 0.2) is 0 Å². The lowest BCUT2D eigenvalue weighted by atomic mass is 10.2. The van der Waals surface area contributed by atoms with E-state index in [1.807, 2.05) is 13.8 Å². The lowest BCUT2D eigenvalue weighted by molar-refractivity contribution is -0.128. The Morgan fingerprint density at radius 2 is 1.55 bits per heavy atom. The van der Waals surface area contributed by atoms with Crippen LogP contribution in [0.25, 0.3) is 0 Å². The summed E-state index contributed by atoms with van der Waals surface area (Å²) < 4.78 is 24.8. The van der Waals surface area contributed by atoms with Crippen LogP contribution in [0.4, 0.5) is 0 Å². The molecule has 2 amide bonds. The van der Waals surface area contributed by atoms with E-state index in [4.69, 9.17) is 5.73 Å². The van der Waals surface area contributed by atoms with E-state index in [1.54, 1.807) is 13.8 Å². The fourth-order valence-electron chi connectivity index (χ4n) is 2.05. The van der Waals surface area contributed by atoms with Gasteiger partial charge in [0, 0.05) is 5.92 Å². The van der Waals surface area contributed by atoms with Crippen LogP contribution in [0.2, 0.25) is 0 Å². The molecule has 22 heavy (non-hydrogen) atoms. The van der Waals surface area contributed by atoms with Crippen LogP contribution >= 0.6 is 12.4 Å². The number of carbonyl (C=O) groups is 2. The first-order valence-corrected chi connectivity index (χ1v) is 9.18. The molecule has 0 rings (SSSR count). The second-order valence-electron chi connectivity index (χ2n) is 5.65. The summed E-state index contributed by atoms with van der Waals surface area (Å²) in [7, 11) is -3.48. The highest BCUT2D eigenvalue weighted by atomic mass is 35.5. The largest absolute Gasteiger partial charge is 0.368 e. The van der Waals surface area contributed by atoms with Gasteiger partial charge in [0.25, 0.3) is 0 Å². The Hall–Kier alpha value is -0.820. The molecule has 0 heterocycles. The van der Waals surface area contributed by atoms with Crippen LogP contribution in [0, 0.1) is 5.92 Å². The normalized spacial score (nSPS) is 12.8. The van der Waals surface area contributed by atoms with Crippen molar-refractivity contribution in [3.05, 3.63) is 0 Å². The molecule has 0 spiro atoms. The number of nitrogens with one attached hydrogen (secondary N) is 1. The van der Waals surface area contributed by atoms with Gasteiger partial charge in [-0.05, 0) is 12.8 Å². The van der Waals surface area contributed by atoms with Crippen molar-refractivity contribution in [2.24, 2.45) is 11.7 Å². The lowest BCUT2D eigenvalue weighted by Gasteiger charge is -2.21. The summed E-state index contributed by atoms with van der Waals surface area (Å²) in [5, 5.41) is 1.94. The second-order valence-corrected chi connectivity index (χ2v) is 7.97. The van der Waals surface area contributed by atoms with Gasteiger partial charge in [-0.1, -0.05) is 40.5 Å². The molecular weight excluding hydrogens is 328 g/mol. The smallest absolute Gasteiger partial charge is 0.241 e. The van der Waals surface area contributed by atoms with Gasteiger partial charge in [-0.2, -0.15) is 0 Å². The highest BCUT2D eigenvalue weighted by Crippen LogP contribution is 2.16. The average molecular weight is 357 g/mol. The van der Waals surface area contributed by atoms with E-state index in [9.17, 15) is 18.0 Å². The first-order chi connectivity index (χ1) is 9.65. The van der Waals surface area contributed by atoms with Crippen LogP contribution in [0.3, 0.4) is 0 Å². The van der Waals surface area contributed by atoms with Crippen molar-refractivity contribution < 1.29 is 18.0 Å². The SMILES string of the molecule is CCCC(CCC)S(=O)(=O)C[C@@H](NC(=O)C(C)C)C(N)=O.Cl. The number of primary amides is 1. The molecule has 6 nitrogen and oxygen atoms in total. The summed E-state index contributed by atoms with van der Waals surface area (Å²) in [5.41, 5.74) is 5.22. The molecule has 132 valence electrons. The molecule has 0 aliphatic rings. The second kappa shape index (κ2) is 10.8. The summed E-state index contributed by atoms with van der Waals surface area (Å²) in [4.78, 5) is 23.1. The van der Waals surface area contributed by atoms with E-state index >= 15 is 0 Å². The number of hydrogen-bond donors (Lipinski definition) is 2. The van der Waals surface area contributed by atoms with Crippen molar-refractivity contribution in [1.29, 1.82) is 0 Å². The van der Waals surface area contributed by atoms with E-state index in [2.05, 4.69) is 5.32 Å². The third-order valence-corrected chi connectivity index (χ3v) is 5.60. The average Bonchev–Trinajstić information content (AvgIpc) is 2.37. The maximum atomic E-state index is 12.4. The Morgan fingerprint density at radius 1 is 1.09 bits per heavy atom. The fourth-order valence-corrected chi connectivity index (χ4v) is 4.22. The number of halogens is 1. The monoisotopic (exact) mass is 356 g/mol. The number of nitrogens with two attached hydrogens (primary N) is 1. The molecule has 0 saturated heterocycles. The van der Waals surface area contributed by atoms with Gasteiger partial charge in [-0.25, -0.2) is 8.42 Å². The van der Waals surface area contributed by atoms with Crippen molar-refractivity contribution >= 4 is 34.1 Å². The van der Waals surface area contributed by atoms with Crippen molar-refractivity contribution in [1.82, 2.24) is 5.32 Å². The molecule has 8 heteroatoms. The van der Waals surface area contributed by atoms with Gasteiger partial charge in [0.15, 0.2) is 9.84 Å². The maximum absolute atomic E-state index is 12.4. The Balaban J connectivity index is 0. The van der Waals surface area contributed by atoms with Gasteiger partial charge in [0.2, 0.25) is 11.8 Å². The molecule has 0 aliphatic heterocycles. The molecule has 0 aromatic heterocycles. The molecule has 0 saturated carbocycles. The minimum atomic E-state index is -3.48. The number of rotatable bonds is 10. The molecule has 0 aliphatic carbocycles. The number of hydrogen-bond acceptors (Lipinski definition) is 4. The van der Waals surface area contributed by atoms with E-state index in [1.165, 1.54) is 0 Å². The summed E-state index contributed by atoms with van der Waals surface area (Å²) in [6.07, 6.45) is 2.62. The number of amides is 2. The van der Waals surface area contributed by atoms with Gasteiger partial charge in [-0.3, -0.25) is 9.59 Å². The fraction of sp³-hybridized carbons (Fsp3) is 0.857. The summed E-state index contributed by atoms with van der Waals surface area (Å²) >= 11 is 0. The number of sulfone groups is 1. The highest BCUT2D eigenvalue weighted by Gasteiger charge is 2.31. The molecule has 0 bridgehead atoms. The molecule has 3 N–H and O–H groups in total. The minimum Gasteiger partial charge on any atom is -0.368 e. The minimum absolute atomic E-state index is 0. The van der Waals surface area contributed by atoms with Crippen LogP contribution in [0.1, 0.15) is 53.4 Å². The van der Waals surface area contributed by atoms with Crippen LogP contribution in [-0.2, 0) is 19.4 Å². The van der Waals surface area contributed by atoms with Gasteiger partial charge >= 0.3 is 0 Å². The third-order valence-electron chi connectivity index (χ3n) is 3.31. The van der Waals surface area contributed by atoms with E-state index in [0.717, 1.165) is 12.8 Å². The van der Waals surface area contributed by atoms with Crippen molar-refractivity contribution in [2.75, 3.05) is 5.75 Å². The van der Waals surface area contributed by atoms with Crippen molar-refractivity contribution in [2.45, 2.75) is 64.7 Å². The Morgan fingerprint density at radius 3 is 1.86 bits per heavy atom. The van der Waals surface area contributed by atoms with Crippen molar-refractivity contribution in [3.63, 3.8) is 0 Å². The van der Waals surface area contributed by atoms with Gasteiger partial charge < -0.3 is 11.1 Å². The zero-order valence-corrected chi connectivity index (χ0v) is 15.4. The summed E-state index contributed by atoms with van der Waals surface area (Å²) in [6, 6.07) is -1.17. The predicted octanol–water partition coefficient (Wildman–Crippen LogP) is 1.42. The van der Waals surface area contributed by atoms with Gasteiger partial charge in [0.05, 0.1) is 11.0 Å². The highest BCUT2D eigenvalue weighted by molar-refractivity contribution is 7.92. The first-order valence-electron chi connectivity index (χ1n) is 7.46. The maximum Gasteiger partial charge on any atom is 0.241 e. The predicted molar refractivity (Wildman–Crippen MR) is 90.6 cm³/mol. The molecule has 0 fully saturated rings. The quantitative estimate of drug-likeness (QED) is 0.617. The zero-order chi connectivity index (χ0) is 16.6.